The van der Waals surface area contributed by atoms with Crippen LogP contribution in [0.15, 0.2) is 47.6 Å². The fraction of sp³-hybridized carbons (Fsp3) is 0.421. The number of aromatic nitrogens is 1. The minimum Gasteiger partial charge on any atom is -0.270 e. The molecule has 0 amide bonds. The summed E-state index contributed by atoms with van der Waals surface area (Å²) in [6.45, 7) is 2.42. The van der Waals surface area contributed by atoms with E-state index in [1.807, 2.05) is 12.1 Å². The van der Waals surface area contributed by atoms with Gasteiger partial charge in [0.05, 0.1) is 16.3 Å². The molecule has 1 aromatic heterocycles. The molecule has 0 N–H and O–H groups in total. The van der Waals surface area contributed by atoms with Gasteiger partial charge in [-0.25, -0.2) is 21.1 Å². The highest BCUT2D eigenvalue weighted by Crippen LogP contribution is 2.29. The van der Waals surface area contributed by atoms with E-state index in [0.29, 0.717) is 37.2 Å². The average molecular weight is 424 g/mol. The molecule has 0 aliphatic carbocycles. The fourth-order valence-corrected chi connectivity index (χ4v) is 6.27. The third-order valence-corrected chi connectivity index (χ3v) is 8.83. The number of nitrogens with zero attached hydrogens (tertiary/aromatic N) is 3. The predicted octanol–water partition coefficient (Wildman–Crippen LogP) is 2.18. The van der Waals surface area contributed by atoms with Gasteiger partial charge >= 0.3 is 0 Å². The van der Waals surface area contributed by atoms with Crippen LogP contribution < -0.4 is 4.31 Å². The van der Waals surface area contributed by atoms with Crippen molar-refractivity contribution in [1.82, 2.24) is 9.29 Å². The summed E-state index contributed by atoms with van der Waals surface area (Å²) in [5.41, 5.74) is 2.00. The number of hydrogen-bond acceptors (Lipinski definition) is 5. The van der Waals surface area contributed by atoms with Crippen LogP contribution in [0.1, 0.15) is 24.0 Å². The molecule has 1 aromatic carbocycles. The first-order valence-electron chi connectivity index (χ1n) is 9.18. The Hall–Kier alpha value is -1.97. The first kappa shape index (κ1) is 20.8. The number of likely N-dealkylation sites (N-methyl/N-ethyl adjacent to an activating group) is 1. The Balaban J connectivity index is 1.86. The van der Waals surface area contributed by atoms with Crippen LogP contribution in [-0.2, 0) is 26.5 Å². The van der Waals surface area contributed by atoms with Crippen LogP contribution >= 0.6 is 0 Å². The lowest BCUT2D eigenvalue weighted by atomic mass is 10.2. The molecule has 7 nitrogen and oxygen atoms in total. The van der Waals surface area contributed by atoms with Crippen molar-refractivity contribution in [2.45, 2.75) is 31.1 Å². The van der Waals surface area contributed by atoms with Crippen molar-refractivity contribution in [3.63, 3.8) is 0 Å². The van der Waals surface area contributed by atoms with E-state index in [1.165, 1.54) is 14.7 Å². The third-order valence-electron chi connectivity index (χ3n) is 4.96. The molecule has 0 unspecified atom stereocenters. The molecule has 1 aliphatic rings. The van der Waals surface area contributed by atoms with Gasteiger partial charge in [0, 0.05) is 32.5 Å². The second-order valence-corrected chi connectivity index (χ2v) is 11.0. The van der Waals surface area contributed by atoms with Crippen LogP contribution in [0.3, 0.4) is 0 Å². The summed E-state index contributed by atoms with van der Waals surface area (Å²) in [5.74, 6) is 0.0921. The first-order chi connectivity index (χ1) is 13.2. The second-order valence-electron chi connectivity index (χ2n) is 6.98. The quantitative estimate of drug-likeness (QED) is 0.711. The Bertz CT molecular complexity index is 1040. The molecule has 1 saturated heterocycles. The standard InChI is InChI=1S/C19H25N3O4S2/c1-16-5-6-18(22-12-3-4-14-27(22,23)24)15-19(16)28(25,26)21(2)13-9-17-7-10-20-11-8-17/h5-8,10-11,15H,3-4,9,12-14H2,1-2H3. The zero-order valence-corrected chi connectivity index (χ0v) is 17.7. The van der Waals surface area contributed by atoms with E-state index in [1.54, 1.807) is 38.5 Å². The van der Waals surface area contributed by atoms with Crippen LogP contribution in [0.25, 0.3) is 0 Å². The van der Waals surface area contributed by atoms with Crippen molar-refractivity contribution in [1.29, 1.82) is 0 Å². The van der Waals surface area contributed by atoms with Crippen LogP contribution in [0.2, 0.25) is 0 Å². The van der Waals surface area contributed by atoms with Gasteiger partial charge in [-0.3, -0.25) is 9.29 Å². The Morgan fingerprint density at radius 1 is 1.14 bits per heavy atom. The summed E-state index contributed by atoms with van der Waals surface area (Å²) in [4.78, 5) is 4.10. The van der Waals surface area contributed by atoms with Crippen molar-refractivity contribution in [3.8, 4) is 0 Å². The van der Waals surface area contributed by atoms with Crippen molar-refractivity contribution in [2.75, 3.05) is 30.2 Å². The number of benzene rings is 1. The van der Waals surface area contributed by atoms with Crippen molar-refractivity contribution in [3.05, 3.63) is 53.9 Å². The van der Waals surface area contributed by atoms with Crippen molar-refractivity contribution < 1.29 is 16.8 Å². The molecule has 2 aromatic rings. The van der Waals surface area contributed by atoms with Crippen LogP contribution in [0.4, 0.5) is 5.69 Å². The van der Waals surface area contributed by atoms with Crippen LogP contribution in [0.5, 0.6) is 0 Å². The maximum absolute atomic E-state index is 13.1. The van der Waals surface area contributed by atoms with Gasteiger partial charge in [-0.15, -0.1) is 0 Å². The Labute approximate surface area is 167 Å². The maximum atomic E-state index is 13.1. The minimum absolute atomic E-state index is 0.0921. The Morgan fingerprint density at radius 2 is 1.86 bits per heavy atom. The number of sulfonamides is 2. The zero-order valence-electron chi connectivity index (χ0n) is 16.1. The summed E-state index contributed by atoms with van der Waals surface area (Å²) in [6.07, 6.45) is 5.32. The number of rotatable bonds is 6. The topological polar surface area (TPSA) is 87.7 Å². The molecule has 0 radical (unpaired) electrons. The summed E-state index contributed by atoms with van der Waals surface area (Å²) in [7, 11) is -5.60. The smallest absolute Gasteiger partial charge is 0.243 e. The Morgan fingerprint density at radius 3 is 2.54 bits per heavy atom. The van der Waals surface area contributed by atoms with Crippen molar-refractivity contribution >= 4 is 25.7 Å². The molecule has 0 saturated carbocycles. The molecule has 28 heavy (non-hydrogen) atoms. The first-order valence-corrected chi connectivity index (χ1v) is 12.2. The Kier molecular flexibility index (Phi) is 6.07. The highest BCUT2D eigenvalue weighted by Gasteiger charge is 2.29. The summed E-state index contributed by atoms with van der Waals surface area (Å²) in [5, 5.41) is 0. The summed E-state index contributed by atoms with van der Waals surface area (Å²) in [6, 6.07) is 8.54. The third kappa shape index (κ3) is 4.37. The molecule has 9 heteroatoms. The van der Waals surface area contributed by atoms with E-state index in [0.717, 1.165) is 12.0 Å². The lowest BCUT2D eigenvalue weighted by Crippen LogP contribution is -2.38. The number of anilines is 1. The fourth-order valence-electron chi connectivity index (χ4n) is 3.22. The number of hydrogen-bond donors (Lipinski definition) is 0. The highest BCUT2D eigenvalue weighted by molar-refractivity contribution is 7.92. The molecule has 0 bridgehead atoms. The van der Waals surface area contributed by atoms with Gasteiger partial charge in [0.2, 0.25) is 20.0 Å². The van der Waals surface area contributed by atoms with Gasteiger partial charge in [-0.05, 0) is 61.6 Å². The second kappa shape index (κ2) is 8.18. The largest absolute Gasteiger partial charge is 0.270 e. The van der Waals surface area contributed by atoms with E-state index < -0.39 is 20.0 Å². The molecule has 0 atom stereocenters. The van der Waals surface area contributed by atoms with Crippen LogP contribution in [0, 0.1) is 6.92 Å². The predicted molar refractivity (Wildman–Crippen MR) is 109 cm³/mol. The van der Waals surface area contributed by atoms with Gasteiger partial charge in [-0.2, -0.15) is 0 Å². The van der Waals surface area contributed by atoms with Gasteiger partial charge in [0.25, 0.3) is 0 Å². The van der Waals surface area contributed by atoms with E-state index in [4.69, 9.17) is 0 Å². The molecular weight excluding hydrogens is 398 g/mol. The lowest BCUT2D eigenvalue weighted by molar-refractivity contribution is 0.472. The van der Waals surface area contributed by atoms with Crippen molar-refractivity contribution in [2.24, 2.45) is 0 Å². The number of aryl methyl sites for hydroxylation is 1. The monoisotopic (exact) mass is 423 g/mol. The zero-order chi connectivity index (χ0) is 20.4. The molecule has 152 valence electrons. The molecule has 1 fully saturated rings. The van der Waals surface area contributed by atoms with E-state index >= 15 is 0 Å². The number of pyridine rings is 1. The van der Waals surface area contributed by atoms with Gasteiger partial charge in [0.15, 0.2) is 0 Å². The SMILES string of the molecule is Cc1ccc(N2CCCCS2(=O)=O)cc1S(=O)(=O)N(C)CCc1ccncc1. The van der Waals surface area contributed by atoms with Gasteiger partial charge in [-0.1, -0.05) is 6.07 Å². The molecule has 0 spiro atoms. The van der Waals surface area contributed by atoms with Gasteiger partial charge < -0.3 is 0 Å². The van der Waals surface area contributed by atoms with E-state index in [2.05, 4.69) is 4.98 Å². The molecule has 1 aliphatic heterocycles. The van der Waals surface area contributed by atoms with Gasteiger partial charge in [0.1, 0.15) is 0 Å². The average Bonchev–Trinajstić information content (AvgIpc) is 2.67. The molecule has 2 heterocycles. The van der Waals surface area contributed by atoms with Crippen LogP contribution in [-0.4, -0.2) is 52.0 Å². The molecular formula is C19H25N3O4S2. The normalized spacial score (nSPS) is 17.0. The van der Waals surface area contributed by atoms with E-state index in [-0.39, 0.29) is 10.6 Å². The molecule has 3 rings (SSSR count). The van der Waals surface area contributed by atoms with E-state index in [9.17, 15) is 16.8 Å². The highest BCUT2D eigenvalue weighted by atomic mass is 32.2. The maximum Gasteiger partial charge on any atom is 0.243 e. The lowest BCUT2D eigenvalue weighted by Gasteiger charge is -2.29. The minimum atomic E-state index is -3.74. The summed E-state index contributed by atoms with van der Waals surface area (Å²) >= 11 is 0. The summed E-state index contributed by atoms with van der Waals surface area (Å²) < 4.78 is 53.6.